The second-order valence-electron chi connectivity index (χ2n) is 3.86. The van der Waals surface area contributed by atoms with Crippen LogP contribution in [0.1, 0.15) is 5.56 Å². The van der Waals surface area contributed by atoms with Gasteiger partial charge in [0, 0.05) is 18.6 Å². The minimum atomic E-state index is 0.103. The first-order valence-electron chi connectivity index (χ1n) is 5.46. The number of nitrogens with zero attached hydrogens (tertiary/aromatic N) is 1. The molecule has 0 saturated heterocycles. The molecule has 0 radical (unpaired) electrons. The van der Waals surface area contributed by atoms with Gasteiger partial charge in [0.2, 0.25) is 5.91 Å². The van der Waals surface area contributed by atoms with E-state index in [-0.39, 0.29) is 5.91 Å². The zero-order valence-corrected chi connectivity index (χ0v) is 10.8. The van der Waals surface area contributed by atoms with Crippen molar-refractivity contribution in [3.63, 3.8) is 0 Å². The highest BCUT2D eigenvalue weighted by atomic mass is 32.2. The van der Waals surface area contributed by atoms with Crippen LogP contribution in [0.5, 0.6) is 0 Å². The number of hydrogen-bond acceptors (Lipinski definition) is 4. The maximum atomic E-state index is 11.8. The number of methoxy groups -OCH3 is 1. The Hall–Kier alpha value is -1.04. The van der Waals surface area contributed by atoms with Gasteiger partial charge in [0.05, 0.1) is 11.4 Å². The molecule has 0 aliphatic carbocycles. The largest absolute Gasteiger partial charge is 0.364 e. The predicted molar refractivity (Wildman–Crippen MR) is 69.3 cm³/mol. The van der Waals surface area contributed by atoms with Gasteiger partial charge in [-0.1, -0.05) is 6.07 Å². The topological polar surface area (TPSA) is 41.6 Å². The standard InChI is InChI=1S/C12H16N2O2S/c1-13-6-9-3-4-11-10(5-9)14(8-16-2)12(15)7-17-11/h3-5,13H,6-8H2,1-2H3. The summed E-state index contributed by atoms with van der Waals surface area (Å²) in [7, 11) is 3.51. The first kappa shape index (κ1) is 12.4. The van der Waals surface area contributed by atoms with Gasteiger partial charge < -0.3 is 10.1 Å². The van der Waals surface area contributed by atoms with Crippen LogP contribution in [0.2, 0.25) is 0 Å². The van der Waals surface area contributed by atoms with Crippen LogP contribution >= 0.6 is 11.8 Å². The number of hydrogen-bond donors (Lipinski definition) is 1. The molecule has 1 N–H and O–H groups in total. The molecular weight excluding hydrogens is 236 g/mol. The quantitative estimate of drug-likeness (QED) is 0.880. The van der Waals surface area contributed by atoms with Crippen molar-refractivity contribution in [1.82, 2.24) is 5.32 Å². The summed E-state index contributed by atoms with van der Waals surface area (Å²) in [4.78, 5) is 14.7. The fraction of sp³-hybridized carbons (Fsp3) is 0.417. The fourth-order valence-corrected chi connectivity index (χ4v) is 2.75. The summed E-state index contributed by atoms with van der Waals surface area (Å²) in [5.41, 5.74) is 2.13. The van der Waals surface area contributed by atoms with Gasteiger partial charge in [-0.15, -0.1) is 11.8 Å². The highest BCUT2D eigenvalue weighted by Gasteiger charge is 2.24. The van der Waals surface area contributed by atoms with Crippen molar-refractivity contribution < 1.29 is 9.53 Å². The van der Waals surface area contributed by atoms with E-state index in [9.17, 15) is 4.79 Å². The summed E-state index contributed by atoms with van der Waals surface area (Å²) in [6.45, 7) is 1.11. The third kappa shape index (κ3) is 2.62. The lowest BCUT2D eigenvalue weighted by molar-refractivity contribution is -0.117. The maximum absolute atomic E-state index is 11.8. The van der Waals surface area contributed by atoms with Gasteiger partial charge in [0.25, 0.3) is 0 Å². The van der Waals surface area contributed by atoms with E-state index in [1.807, 2.05) is 7.05 Å². The lowest BCUT2D eigenvalue weighted by atomic mass is 10.2. The molecule has 0 spiro atoms. The number of rotatable bonds is 4. The molecule has 0 bridgehead atoms. The zero-order valence-electron chi connectivity index (χ0n) is 10.0. The SMILES string of the molecule is CNCc1ccc2c(c1)N(COC)C(=O)CS2. The van der Waals surface area contributed by atoms with E-state index in [0.29, 0.717) is 12.5 Å². The number of nitrogens with one attached hydrogen (secondary N) is 1. The average Bonchev–Trinajstić information content (AvgIpc) is 2.33. The Labute approximate surface area is 105 Å². The Bertz CT molecular complexity index is 423. The van der Waals surface area contributed by atoms with Gasteiger partial charge in [-0.2, -0.15) is 0 Å². The number of thioether (sulfide) groups is 1. The van der Waals surface area contributed by atoms with E-state index >= 15 is 0 Å². The van der Waals surface area contributed by atoms with Crippen molar-refractivity contribution in [3.05, 3.63) is 23.8 Å². The molecule has 0 fully saturated rings. The number of fused-ring (bicyclic) bond motifs is 1. The normalized spacial score (nSPS) is 14.9. The van der Waals surface area contributed by atoms with Crippen LogP contribution in [0.4, 0.5) is 5.69 Å². The second-order valence-corrected chi connectivity index (χ2v) is 4.88. The van der Waals surface area contributed by atoms with Gasteiger partial charge in [0.15, 0.2) is 0 Å². The number of ether oxygens (including phenoxy) is 1. The second kappa shape index (κ2) is 5.53. The molecule has 1 heterocycles. The molecule has 4 nitrogen and oxygen atoms in total. The Morgan fingerprint density at radius 1 is 1.53 bits per heavy atom. The first-order chi connectivity index (χ1) is 8.26. The number of anilines is 1. The molecule has 0 aromatic heterocycles. The van der Waals surface area contributed by atoms with E-state index in [2.05, 4.69) is 23.5 Å². The Morgan fingerprint density at radius 2 is 2.35 bits per heavy atom. The summed E-state index contributed by atoms with van der Waals surface area (Å²) in [5, 5.41) is 3.11. The first-order valence-corrected chi connectivity index (χ1v) is 6.44. The zero-order chi connectivity index (χ0) is 12.3. The summed E-state index contributed by atoms with van der Waals surface area (Å²) in [5.74, 6) is 0.591. The van der Waals surface area contributed by atoms with Crippen LogP contribution in [0, 0.1) is 0 Å². The van der Waals surface area contributed by atoms with Crippen LogP contribution < -0.4 is 10.2 Å². The van der Waals surface area contributed by atoms with Gasteiger partial charge in [-0.25, -0.2) is 0 Å². The minimum Gasteiger partial charge on any atom is -0.364 e. The molecule has 1 aromatic carbocycles. The lowest BCUT2D eigenvalue weighted by Gasteiger charge is -2.28. The van der Waals surface area contributed by atoms with Crippen molar-refractivity contribution in [1.29, 1.82) is 0 Å². The molecule has 92 valence electrons. The van der Waals surface area contributed by atoms with Crippen LogP contribution in [0.25, 0.3) is 0 Å². The highest BCUT2D eigenvalue weighted by molar-refractivity contribution is 8.00. The molecule has 0 atom stereocenters. The molecule has 0 saturated carbocycles. The van der Waals surface area contributed by atoms with E-state index in [1.165, 1.54) is 5.56 Å². The third-order valence-electron chi connectivity index (χ3n) is 2.61. The Kier molecular flexibility index (Phi) is 4.04. The number of benzene rings is 1. The number of carbonyl (C=O) groups is 1. The molecule has 5 heteroatoms. The highest BCUT2D eigenvalue weighted by Crippen LogP contribution is 2.35. The smallest absolute Gasteiger partial charge is 0.239 e. The van der Waals surface area contributed by atoms with Crippen LogP contribution in [0.3, 0.4) is 0 Å². The molecule has 0 unspecified atom stereocenters. The summed E-state index contributed by atoms with van der Waals surface area (Å²) in [6, 6.07) is 6.21. The number of amides is 1. The average molecular weight is 252 g/mol. The minimum absolute atomic E-state index is 0.103. The molecule has 2 rings (SSSR count). The van der Waals surface area contributed by atoms with Gasteiger partial charge >= 0.3 is 0 Å². The van der Waals surface area contributed by atoms with E-state index in [1.54, 1.807) is 23.8 Å². The van der Waals surface area contributed by atoms with Crippen molar-refractivity contribution in [3.8, 4) is 0 Å². The van der Waals surface area contributed by atoms with Gasteiger partial charge in [-0.05, 0) is 24.7 Å². The van der Waals surface area contributed by atoms with Crippen molar-refractivity contribution >= 4 is 23.4 Å². The Morgan fingerprint density at radius 3 is 3.06 bits per heavy atom. The molecule has 1 amide bonds. The predicted octanol–water partition coefficient (Wildman–Crippen LogP) is 1.45. The van der Waals surface area contributed by atoms with Gasteiger partial charge in [0.1, 0.15) is 6.73 Å². The van der Waals surface area contributed by atoms with E-state index in [0.717, 1.165) is 17.1 Å². The maximum Gasteiger partial charge on any atom is 0.239 e. The third-order valence-corrected chi connectivity index (χ3v) is 3.65. The number of carbonyl (C=O) groups excluding carboxylic acids is 1. The van der Waals surface area contributed by atoms with Crippen molar-refractivity contribution in [2.45, 2.75) is 11.4 Å². The summed E-state index contributed by atoms with van der Waals surface area (Å²) < 4.78 is 5.09. The van der Waals surface area contributed by atoms with Crippen LogP contribution in [0.15, 0.2) is 23.1 Å². The molecule has 17 heavy (non-hydrogen) atoms. The van der Waals surface area contributed by atoms with Crippen molar-refractivity contribution in [2.24, 2.45) is 0 Å². The fourth-order valence-electron chi connectivity index (χ4n) is 1.83. The van der Waals surface area contributed by atoms with Gasteiger partial charge in [-0.3, -0.25) is 9.69 Å². The monoisotopic (exact) mass is 252 g/mol. The van der Waals surface area contributed by atoms with Crippen LogP contribution in [-0.4, -0.2) is 32.5 Å². The van der Waals surface area contributed by atoms with Crippen LogP contribution in [-0.2, 0) is 16.1 Å². The molecule has 1 aromatic rings. The Balaban J connectivity index is 2.34. The lowest BCUT2D eigenvalue weighted by Crippen LogP contribution is -2.36. The van der Waals surface area contributed by atoms with E-state index in [4.69, 9.17) is 4.74 Å². The van der Waals surface area contributed by atoms with Crippen molar-refractivity contribution in [2.75, 3.05) is 31.5 Å². The molecular formula is C12H16N2O2S. The summed E-state index contributed by atoms with van der Waals surface area (Å²) in [6.07, 6.45) is 0. The molecule has 1 aliphatic rings. The summed E-state index contributed by atoms with van der Waals surface area (Å²) >= 11 is 1.59. The molecule has 1 aliphatic heterocycles. The van der Waals surface area contributed by atoms with E-state index < -0.39 is 0 Å².